The van der Waals surface area contributed by atoms with Gasteiger partial charge in [-0.3, -0.25) is 0 Å². The first-order valence-electron chi connectivity index (χ1n) is 6.25. The maximum atomic E-state index is 5.73. The molecule has 0 saturated heterocycles. The number of alkyl halides is 1. The Morgan fingerprint density at radius 3 is 2.47 bits per heavy atom. The molecule has 1 aromatic heterocycles. The lowest BCUT2D eigenvalue weighted by Crippen LogP contribution is -1.96. The number of ether oxygens (including phenoxy) is 1. The average molecular weight is 277 g/mol. The van der Waals surface area contributed by atoms with E-state index < -0.39 is 0 Å². The number of halogens is 1. The van der Waals surface area contributed by atoms with Crippen LogP contribution in [0.4, 0.5) is 0 Å². The minimum atomic E-state index is 0.345. The summed E-state index contributed by atoms with van der Waals surface area (Å²) in [6.07, 6.45) is 3.36. The predicted octanol–water partition coefficient (Wildman–Crippen LogP) is 4.44. The van der Waals surface area contributed by atoms with E-state index in [9.17, 15) is 0 Å². The average Bonchev–Trinajstić information content (AvgIpc) is 2.42. The number of nitrogens with zero attached hydrogens (tertiary/aromatic N) is 2. The van der Waals surface area contributed by atoms with E-state index in [0.717, 1.165) is 16.9 Å². The van der Waals surface area contributed by atoms with Crippen molar-refractivity contribution >= 4 is 11.6 Å². The van der Waals surface area contributed by atoms with Gasteiger partial charge in [0.05, 0.1) is 5.88 Å². The quantitative estimate of drug-likeness (QED) is 0.775. The molecule has 0 bridgehead atoms. The molecule has 0 saturated carbocycles. The highest BCUT2D eigenvalue weighted by Crippen LogP contribution is 2.27. The van der Waals surface area contributed by atoms with Crippen molar-refractivity contribution in [2.75, 3.05) is 0 Å². The third kappa shape index (κ3) is 3.44. The van der Waals surface area contributed by atoms with Crippen LogP contribution in [0.1, 0.15) is 36.5 Å². The maximum absolute atomic E-state index is 5.73. The first-order chi connectivity index (χ1) is 9.10. The second kappa shape index (κ2) is 6.02. The molecule has 0 unspecified atom stereocenters. The largest absolute Gasteiger partial charge is 0.424 e. The monoisotopic (exact) mass is 276 g/mol. The Morgan fingerprint density at radius 2 is 1.89 bits per heavy atom. The first kappa shape index (κ1) is 13.8. The van der Waals surface area contributed by atoms with E-state index in [4.69, 9.17) is 16.3 Å². The summed E-state index contributed by atoms with van der Waals surface area (Å²) in [4.78, 5) is 8.29. The van der Waals surface area contributed by atoms with Crippen LogP contribution in [0.15, 0.2) is 30.6 Å². The molecule has 3 nitrogen and oxygen atoms in total. The van der Waals surface area contributed by atoms with Crippen LogP contribution in [0.25, 0.3) is 0 Å². The van der Waals surface area contributed by atoms with Crippen molar-refractivity contribution < 1.29 is 4.74 Å². The summed E-state index contributed by atoms with van der Waals surface area (Å²) in [5.41, 5.74) is 3.18. The van der Waals surface area contributed by atoms with E-state index in [1.54, 1.807) is 12.4 Å². The van der Waals surface area contributed by atoms with Crippen LogP contribution in [0, 0.1) is 6.92 Å². The minimum Gasteiger partial charge on any atom is -0.424 e. The molecule has 0 aliphatic rings. The molecule has 0 radical (unpaired) electrons. The molecule has 0 spiro atoms. The summed E-state index contributed by atoms with van der Waals surface area (Å²) in [6.45, 7) is 6.31. The van der Waals surface area contributed by atoms with Crippen LogP contribution < -0.4 is 4.74 Å². The molecule has 0 atom stereocenters. The zero-order chi connectivity index (χ0) is 13.8. The predicted molar refractivity (Wildman–Crippen MR) is 76.9 cm³/mol. The molecule has 100 valence electrons. The number of aromatic nitrogens is 2. The molecule has 19 heavy (non-hydrogen) atoms. The fourth-order valence-electron chi connectivity index (χ4n) is 1.65. The van der Waals surface area contributed by atoms with Gasteiger partial charge in [-0.2, -0.15) is 0 Å². The van der Waals surface area contributed by atoms with Gasteiger partial charge < -0.3 is 4.74 Å². The van der Waals surface area contributed by atoms with Gasteiger partial charge in [-0.25, -0.2) is 9.97 Å². The Bertz CT molecular complexity index is 553. The van der Waals surface area contributed by atoms with Crippen LogP contribution in [0.5, 0.6) is 11.8 Å². The topological polar surface area (TPSA) is 35.0 Å². The van der Waals surface area contributed by atoms with E-state index in [1.807, 2.05) is 13.0 Å². The zero-order valence-corrected chi connectivity index (χ0v) is 12.1. The molecule has 0 fully saturated rings. The number of benzene rings is 1. The Kier molecular flexibility index (Phi) is 4.38. The normalized spacial score (nSPS) is 10.8. The van der Waals surface area contributed by atoms with Crippen molar-refractivity contribution in [2.45, 2.75) is 32.6 Å². The van der Waals surface area contributed by atoms with E-state index >= 15 is 0 Å². The molecule has 0 aliphatic heterocycles. The van der Waals surface area contributed by atoms with Crippen LogP contribution >= 0.6 is 11.6 Å². The second-order valence-electron chi connectivity index (χ2n) is 4.79. The van der Waals surface area contributed by atoms with Gasteiger partial charge in [0.2, 0.25) is 0 Å². The molecule has 0 aliphatic carbocycles. The molecular weight excluding hydrogens is 260 g/mol. The molecule has 0 N–H and O–H groups in total. The molecule has 4 heteroatoms. The van der Waals surface area contributed by atoms with Gasteiger partial charge in [-0.1, -0.05) is 26.0 Å². The van der Waals surface area contributed by atoms with E-state index in [-0.39, 0.29) is 0 Å². The smallest absolute Gasteiger partial charge is 0.321 e. The van der Waals surface area contributed by atoms with E-state index in [2.05, 4.69) is 35.9 Å². The van der Waals surface area contributed by atoms with Crippen LogP contribution in [0.3, 0.4) is 0 Å². The highest BCUT2D eigenvalue weighted by Gasteiger charge is 2.07. The lowest BCUT2D eigenvalue weighted by atomic mass is 10.0. The van der Waals surface area contributed by atoms with E-state index in [0.29, 0.717) is 17.8 Å². The van der Waals surface area contributed by atoms with Gasteiger partial charge in [0.25, 0.3) is 0 Å². The summed E-state index contributed by atoms with van der Waals surface area (Å²) < 4.78 is 5.73. The van der Waals surface area contributed by atoms with Crippen molar-refractivity contribution in [2.24, 2.45) is 0 Å². The molecule has 1 aromatic carbocycles. The van der Waals surface area contributed by atoms with Gasteiger partial charge in [0.1, 0.15) is 5.75 Å². The maximum Gasteiger partial charge on any atom is 0.321 e. The summed E-state index contributed by atoms with van der Waals surface area (Å²) in [7, 11) is 0. The Labute approximate surface area is 118 Å². The fourth-order valence-corrected chi connectivity index (χ4v) is 1.79. The molecule has 1 heterocycles. The number of rotatable bonds is 4. The van der Waals surface area contributed by atoms with Gasteiger partial charge in [-0.05, 0) is 30.0 Å². The number of hydrogen-bond acceptors (Lipinski definition) is 3. The molecule has 2 aromatic rings. The van der Waals surface area contributed by atoms with Crippen molar-refractivity contribution in [3.63, 3.8) is 0 Å². The van der Waals surface area contributed by atoms with Crippen LogP contribution in [0.2, 0.25) is 0 Å². The Balaban J connectivity index is 2.23. The Hall–Kier alpha value is -1.61. The van der Waals surface area contributed by atoms with Gasteiger partial charge in [0, 0.05) is 18.0 Å². The van der Waals surface area contributed by atoms with E-state index in [1.165, 1.54) is 5.56 Å². The molecular formula is C15H17ClN2O. The first-order valence-corrected chi connectivity index (χ1v) is 6.79. The van der Waals surface area contributed by atoms with Crippen molar-refractivity contribution in [3.05, 3.63) is 47.3 Å². The Morgan fingerprint density at radius 1 is 1.21 bits per heavy atom. The van der Waals surface area contributed by atoms with Crippen LogP contribution in [-0.4, -0.2) is 9.97 Å². The third-order valence-corrected chi connectivity index (χ3v) is 3.22. The highest BCUT2D eigenvalue weighted by molar-refractivity contribution is 6.17. The zero-order valence-electron chi connectivity index (χ0n) is 11.4. The highest BCUT2D eigenvalue weighted by atomic mass is 35.5. The summed E-state index contributed by atoms with van der Waals surface area (Å²) >= 11 is 5.70. The minimum absolute atomic E-state index is 0.345. The lowest BCUT2D eigenvalue weighted by Gasteiger charge is -2.11. The summed E-state index contributed by atoms with van der Waals surface area (Å²) in [5.74, 6) is 1.66. The summed E-state index contributed by atoms with van der Waals surface area (Å²) in [6, 6.07) is 6.55. The molecule has 2 rings (SSSR count). The van der Waals surface area contributed by atoms with Crippen molar-refractivity contribution in [3.8, 4) is 11.8 Å². The second-order valence-corrected chi connectivity index (χ2v) is 5.06. The lowest BCUT2D eigenvalue weighted by molar-refractivity contribution is 0.437. The number of aryl methyl sites for hydroxylation is 1. The van der Waals surface area contributed by atoms with Gasteiger partial charge in [-0.15, -0.1) is 11.6 Å². The van der Waals surface area contributed by atoms with Crippen molar-refractivity contribution in [1.82, 2.24) is 9.97 Å². The third-order valence-electron chi connectivity index (χ3n) is 2.92. The standard InChI is InChI=1S/C15H17ClN2O/c1-10(2)13-5-4-11(3)14(6-13)19-15-17-8-12(7-16)9-18-15/h4-6,8-10H,7H2,1-3H3. The SMILES string of the molecule is Cc1ccc(C(C)C)cc1Oc1ncc(CCl)cn1. The van der Waals surface area contributed by atoms with Crippen molar-refractivity contribution in [1.29, 1.82) is 0 Å². The van der Waals surface area contributed by atoms with Gasteiger partial charge >= 0.3 is 6.01 Å². The summed E-state index contributed by atoms with van der Waals surface area (Å²) in [5, 5.41) is 0. The van der Waals surface area contributed by atoms with Crippen LogP contribution in [-0.2, 0) is 5.88 Å². The van der Waals surface area contributed by atoms with Gasteiger partial charge in [0.15, 0.2) is 0 Å². The number of hydrogen-bond donors (Lipinski definition) is 0. The molecule has 0 amide bonds. The fraction of sp³-hybridized carbons (Fsp3) is 0.333.